The van der Waals surface area contributed by atoms with Crippen LogP contribution in [0, 0.1) is 24.0 Å². The Labute approximate surface area is 157 Å². The number of nitro groups is 1. The highest BCUT2D eigenvalue weighted by atomic mass is 16.6. The van der Waals surface area contributed by atoms with Gasteiger partial charge in [0, 0.05) is 30.1 Å². The lowest BCUT2D eigenvalue weighted by molar-refractivity contribution is -0.384. The first-order valence-electron chi connectivity index (χ1n) is 8.91. The molecule has 1 aromatic heterocycles. The number of benzene rings is 1. The summed E-state index contributed by atoms with van der Waals surface area (Å²) in [6, 6.07) is 8.31. The lowest BCUT2D eigenvalue weighted by Crippen LogP contribution is -2.45. The summed E-state index contributed by atoms with van der Waals surface area (Å²) in [5.74, 6) is -0.0153. The molecule has 2 aromatic rings. The molecule has 1 unspecified atom stereocenters. The average molecular weight is 370 g/mol. The van der Waals surface area contributed by atoms with Crippen LogP contribution in [0.4, 0.5) is 5.69 Å². The van der Waals surface area contributed by atoms with Crippen LogP contribution < -0.4 is 4.74 Å². The number of amides is 1. The minimum atomic E-state index is -0.451. The third-order valence-corrected chi connectivity index (χ3v) is 4.47. The van der Waals surface area contributed by atoms with E-state index < -0.39 is 4.92 Å². The summed E-state index contributed by atoms with van der Waals surface area (Å²) >= 11 is 0. The first-order chi connectivity index (χ1) is 12.9. The molecule has 8 heteroatoms. The molecule has 27 heavy (non-hydrogen) atoms. The predicted octanol–water partition coefficient (Wildman–Crippen LogP) is 2.61. The summed E-state index contributed by atoms with van der Waals surface area (Å²) in [5, 5.41) is 10.7. The number of hydrogen-bond acceptors (Lipinski definition) is 6. The number of carbonyl (C=O) groups is 1. The van der Waals surface area contributed by atoms with Crippen LogP contribution in [0.5, 0.6) is 6.01 Å². The maximum Gasteiger partial charge on any atom is 0.317 e. The Hall–Kier alpha value is -3.03. The average Bonchev–Trinajstić information content (AvgIpc) is 2.61. The van der Waals surface area contributed by atoms with Crippen molar-refractivity contribution < 1.29 is 14.5 Å². The molecule has 3 rings (SSSR count). The highest BCUT2D eigenvalue weighted by Crippen LogP contribution is 2.18. The second-order valence-corrected chi connectivity index (χ2v) is 6.76. The third kappa shape index (κ3) is 4.99. The number of hydrogen-bond donors (Lipinski definition) is 0. The predicted molar refractivity (Wildman–Crippen MR) is 98.5 cm³/mol. The van der Waals surface area contributed by atoms with Crippen LogP contribution in [0.3, 0.4) is 0 Å². The zero-order valence-electron chi connectivity index (χ0n) is 15.4. The lowest BCUT2D eigenvalue weighted by atomic mass is 10.1. The van der Waals surface area contributed by atoms with Crippen molar-refractivity contribution >= 4 is 11.6 Å². The largest absolute Gasteiger partial charge is 0.458 e. The molecule has 1 fully saturated rings. The Morgan fingerprint density at radius 3 is 2.56 bits per heavy atom. The van der Waals surface area contributed by atoms with Crippen molar-refractivity contribution in [2.75, 3.05) is 13.1 Å². The Balaban J connectivity index is 1.59. The van der Waals surface area contributed by atoms with E-state index >= 15 is 0 Å². The van der Waals surface area contributed by atoms with Crippen LogP contribution in [0.1, 0.15) is 29.8 Å². The monoisotopic (exact) mass is 370 g/mol. The van der Waals surface area contributed by atoms with Crippen molar-refractivity contribution in [1.82, 2.24) is 14.9 Å². The smallest absolute Gasteiger partial charge is 0.317 e. The maximum atomic E-state index is 12.6. The third-order valence-electron chi connectivity index (χ3n) is 4.47. The van der Waals surface area contributed by atoms with Gasteiger partial charge in [0.25, 0.3) is 5.69 Å². The molecule has 0 N–H and O–H groups in total. The van der Waals surface area contributed by atoms with Crippen LogP contribution in [-0.2, 0) is 11.2 Å². The SMILES string of the molecule is Cc1cc(C)nc(OC2CCCN(C(=O)Cc3ccc([N+](=O)[O-])cc3)C2)n1. The zero-order chi connectivity index (χ0) is 19.4. The van der Waals surface area contributed by atoms with Crippen LogP contribution >= 0.6 is 0 Å². The molecule has 0 saturated carbocycles. The fourth-order valence-corrected chi connectivity index (χ4v) is 3.18. The summed E-state index contributed by atoms with van der Waals surface area (Å²) in [4.78, 5) is 33.2. The maximum absolute atomic E-state index is 12.6. The summed E-state index contributed by atoms with van der Waals surface area (Å²) in [6.07, 6.45) is 1.77. The van der Waals surface area contributed by atoms with Crippen molar-refractivity contribution in [1.29, 1.82) is 0 Å². The first-order valence-corrected chi connectivity index (χ1v) is 8.91. The molecule has 1 atom stereocenters. The number of likely N-dealkylation sites (tertiary alicyclic amines) is 1. The Morgan fingerprint density at radius 2 is 1.93 bits per heavy atom. The molecule has 2 heterocycles. The van der Waals surface area contributed by atoms with E-state index in [0.717, 1.165) is 29.8 Å². The molecule has 0 radical (unpaired) electrons. The van der Waals surface area contributed by atoms with Crippen LogP contribution in [-0.4, -0.2) is 44.9 Å². The topological polar surface area (TPSA) is 98.5 Å². The van der Waals surface area contributed by atoms with E-state index in [0.29, 0.717) is 19.1 Å². The quantitative estimate of drug-likeness (QED) is 0.593. The fraction of sp³-hybridized carbons (Fsp3) is 0.421. The van der Waals surface area contributed by atoms with Gasteiger partial charge < -0.3 is 9.64 Å². The molecular weight excluding hydrogens is 348 g/mol. The van der Waals surface area contributed by atoms with Gasteiger partial charge in [-0.3, -0.25) is 14.9 Å². The van der Waals surface area contributed by atoms with Gasteiger partial charge in [-0.25, -0.2) is 9.97 Å². The van der Waals surface area contributed by atoms with Gasteiger partial charge in [-0.15, -0.1) is 0 Å². The van der Waals surface area contributed by atoms with E-state index in [1.165, 1.54) is 12.1 Å². The van der Waals surface area contributed by atoms with Gasteiger partial charge >= 0.3 is 6.01 Å². The Bertz CT molecular complexity index is 818. The molecule has 1 amide bonds. The van der Waals surface area contributed by atoms with Gasteiger partial charge in [0.2, 0.25) is 5.91 Å². The number of non-ortho nitro benzene ring substituents is 1. The standard InChI is InChI=1S/C19H22N4O4/c1-13-10-14(2)21-19(20-13)27-17-4-3-9-22(12-17)18(24)11-15-5-7-16(8-6-15)23(25)26/h5-8,10,17H,3-4,9,11-12H2,1-2H3. The summed E-state index contributed by atoms with van der Waals surface area (Å²) in [6.45, 7) is 4.95. The molecule has 1 aromatic carbocycles. The lowest BCUT2D eigenvalue weighted by Gasteiger charge is -2.32. The molecule has 1 saturated heterocycles. The minimum Gasteiger partial charge on any atom is -0.458 e. The Morgan fingerprint density at radius 1 is 1.26 bits per heavy atom. The van der Waals surface area contributed by atoms with Crippen LogP contribution in [0.2, 0.25) is 0 Å². The summed E-state index contributed by atoms with van der Waals surface area (Å²) in [7, 11) is 0. The zero-order valence-corrected chi connectivity index (χ0v) is 15.4. The van der Waals surface area contributed by atoms with Crippen LogP contribution in [0.25, 0.3) is 0 Å². The first kappa shape index (κ1) is 18.8. The van der Waals surface area contributed by atoms with E-state index in [1.807, 2.05) is 19.9 Å². The summed E-state index contributed by atoms with van der Waals surface area (Å²) in [5.41, 5.74) is 2.47. The van der Waals surface area contributed by atoms with Crippen molar-refractivity contribution in [2.45, 2.75) is 39.2 Å². The highest BCUT2D eigenvalue weighted by molar-refractivity contribution is 5.79. The molecule has 0 aliphatic carbocycles. The number of carbonyl (C=O) groups excluding carboxylic acids is 1. The van der Waals surface area contributed by atoms with Crippen molar-refractivity contribution in [3.63, 3.8) is 0 Å². The van der Waals surface area contributed by atoms with Gasteiger partial charge in [-0.1, -0.05) is 12.1 Å². The van der Waals surface area contributed by atoms with Crippen molar-refractivity contribution in [3.05, 3.63) is 57.4 Å². The van der Waals surface area contributed by atoms with Gasteiger partial charge in [0.05, 0.1) is 17.9 Å². The Kier molecular flexibility index (Phi) is 5.63. The number of aryl methyl sites for hydroxylation is 2. The molecule has 142 valence electrons. The van der Waals surface area contributed by atoms with Gasteiger partial charge in [-0.2, -0.15) is 0 Å². The highest BCUT2D eigenvalue weighted by Gasteiger charge is 2.25. The number of piperidine rings is 1. The normalized spacial score (nSPS) is 16.8. The fourth-order valence-electron chi connectivity index (χ4n) is 3.18. The van der Waals surface area contributed by atoms with E-state index in [2.05, 4.69) is 9.97 Å². The summed E-state index contributed by atoms with van der Waals surface area (Å²) < 4.78 is 5.90. The van der Waals surface area contributed by atoms with Crippen molar-refractivity contribution in [3.8, 4) is 6.01 Å². The number of aromatic nitrogens is 2. The molecular formula is C19H22N4O4. The minimum absolute atomic E-state index is 0.0153. The van der Waals surface area contributed by atoms with Crippen molar-refractivity contribution in [2.24, 2.45) is 0 Å². The van der Waals surface area contributed by atoms with Gasteiger partial charge in [0.15, 0.2) is 0 Å². The van der Waals surface area contributed by atoms with Gasteiger partial charge in [0.1, 0.15) is 6.10 Å². The molecule has 0 spiro atoms. The second-order valence-electron chi connectivity index (χ2n) is 6.76. The number of rotatable bonds is 5. The molecule has 0 bridgehead atoms. The number of nitro benzene ring substituents is 1. The van der Waals surface area contributed by atoms with E-state index in [-0.39, 0.29) is 24.1 Å². The van der Waals surface area contributed by atoms with Crippen LogP contribution in [0.15, 0.2) is 30.3 Å². The van der Waals surface area contributed by atoms with E-state index in [1.54, 1.807) is 17.0 Å². The van der Waals surface area contributed by atoms with Gasteiger partial charge in [-0.05, 0) is 38.3 Å². The van der Waals surface area contributed by atoms with E-state index in [4.69, 9.17) is 4.74 Å². The molecule has 1 aliphatic rings. The second kappa shape index (κ2) is 8.11. The number of nitrogens with zero attached hydrogens (tertiary/aromatic N) is 4. The number of ether oxygens (including phenoxy) is 1. The molecule has 8 nitrogen and oxygen atoms in total. The molecule has 1 aliphatic heterocycles. The van der Waals surface area contributed by atoms with E-state index in [9.17, 15) is 14.9 Å².